The lowest BCUT2D eigenvalue weighted by atomic mass is 10.1. The zero-order chi connectivity index (χ0) is 9.97. The molecule has 0 unspecified atom stereocenters. The van der Waals surface area contributed by atoms with Gasteiger partial charge in [0.05, 0.1) is 6.04 Å². The number of hydrogen-bond donors (Lipinski definition) is 1. The Kier molecular flexibility index (Phi) is 2.82. The second-order valence-electron chi connectivity index (χ2n) is 3.99. The first-order valence-electron chi connectivity index (χ1n) is 5.40. The topological polar surface area (TPSA) is 64.9 Å². The van der Waals surface area contributed by atoms with Crippen molar-refractivity contribution in [1.29, 1.82) is 0 Å². The highest BCUT2D eigenvalue weighted by molar-refractivity contribution is 4.99. The molecule has 78 valence electrons. The molecule has 1 aliphatic carbocycles. The van der Waals surface area contributed by atoms with Gasteiger partial charge in [0.2, 0.25) is 5.89 Å². The van der Waals surface area contributed by atoms with Gasteiger partial charge in [-0.15, -0.1) is 0 Å². The van der Waals surface area contributed by atoms with Crippen molar-refractivity contribution in [1.82, 2.24) is 10.1 Å². The lowest BCUT2D eigenvalue weighted by Gasteiger charge is -2.01. The molecule has 2 N–H and O–H groups in total. The summed E-state index contributed by atoms with van der Waals surface area (Å²) in [7, 11) is 0. The van der Waals surface area contributed by atoms with Crippen LogP contribution in [-0.2, 0) is 0 Å². The zero-order valence-electron chi connectivity index (χ0n) is 8.57. The van der Waals surface area contributed by atoms with Crippen molar-refractivity contribution in [3.05, 3.63) is 11.7 Å². The number of rotatable bonds is 3. The van der Waals surface area contributed by atoms with Crippen molar-refractivity contribution >= 4 is 0 Å². The summed E-state index contributed by atoms with van der Waals surface area (Å²) in [5.41, 5.74) is 5.81. The molecule has 1 heterocycles. The van der Waals surface area contributed by atoms with Crippen LogP contribution >= 0.6 is 0 Å². The van der Waals surface area contributed by atoms with E-state index in [9.17, 15) is 0 Å². The van der Waals surface area contributed by atoms with E-state index >= 15 is 0 Å². The third-order valence-corrected chi connectivity index (χ3v) is 2.93. The Hall–Kier alpha value is -0.900. The summed E-state index contributed by atoms with van der Waals surface area (Å²) >= 11 is 0. The van der Waals surface area contributed by atoms with Crippen molar-refractivity contribution in [3.63, 3.8) is 0 Å². The summed E-state index contributed by atoms with van der Waals surface area (Å²) in [5.74, 6) is 1.97. The van der Waals surface area contributed by atoms with Crippen molar-refractivity contribution in [2.24, 2.45) is 5.73 Å². The standard InChI is InChI=1S/C10H17N3O/c1-2-8(11)10-12-9(13-14-10)7-5-3-4-6-7/h7-8H,2-6,11H2,1H3/t8-/m0/s1. The molecule has 1 aromatic heterocycles. The fourth-order valence-corrected chi connectivity index (χ4v) is 1.92. The summed E-state index contributed by atoms with van der Waals surface area (Å²) in [6.45, 7) is 2.02. The summed E-state index contributed by atoms with van der Waals surface area (Å²) in [4.78, 5) is 4.36. The van der Waals surface area contributed by atoms with Crippen molar-refractivity contribution in [2.75, 3.05) is 0 Å². The molecule has 0 amide bonds. The first-order chi connectivity index (χ1) is 6.81. The lowest BCUT2D eigenvalue weighted by molar-refractivity contribution is 0.346. The summed E-state index contributed by atoms with van der Waals surface area (Å²) < 4.78 is 5.14. The van der Waals surface area contributed by atoms with Crippen molar-refractivity contribution in [2.45, 2.75) is 51.0 Å². The molecule has 0 radical (unpaired) electrons. The van der Waals surface area contributed by atoms with Crippen LogP contribution in [-0.4, -0.2) is 10.1 Å². The zero-order valence-corrected chi connectivity index (χ0v) is 8.57. The van der Waals surface area contributed by atoms with Crippen LogP contribution in [0, 0.1) is 0 Å². The van der Waals surface area contributed by atoms with Crippen molar-refractivity contribution < 1.29 is 4.52 Å². The number of hydrogen-bond acceptors (Lipinski definition) is 4. The van der Waals surface area contributed by atoms with Gasteiger partial charge in [-0.25, -0.2) is 0 Å². The summed E-state index contributed by atoms with van der Waals surface area (Å²) in [5, 5.41) is 4.00. The molecule has 0 aliphatic heterocycles. The van der Waals surface area contributed by atoms with Gasteiger partial charge in [-0.3, -0.25) is 0 Å². The van der Waals surface area contributed by atoms with E-state index in [2.05, 4.69) is 10.1 Å². The predicted molar refractivity (Wildman–Crippen MR) is 52.7 cm³/mol. The Morgan fingerprint density at radius 1 is 1.50 bits per heavy atom. The smallest absolute Gasteiger partial charge is 0.243 e. The molecular formula is C10H17N3O. The first kappa shape index (κ1) is 9.65. The monoisotopic (exact) mass is 195 g/mol. The highest BCUT2D eigenvalue weighted by Crippen LogP contribution is 2.32. The minimum Gasteiger partial charge on any atom is -0.338 e. The van der Waals surface area contributed by atoms with E-state index in [4.69, 9.17) is 10.3 Å². The second kappa shape index (κ2) is 4.09. The maximum Gasteiger partial charge on any atom is 0.243 e. The molecule has 1 saturated carbocycles. The molecule has 1 aromatic rings. The van der Waals surface area contributed by atoms with E-state index in [1.54, 1.807) is 0 Å². The maximum atomic E-state index is 5.81. The minimum absolute atomic E-state index is 0.0994. The SMILES string of the molecule is CC[C@H](N)c1nc(C2CCCC2)no1. The van der Waals surface area contributed by atoms with Crippen LogP contribution in [0.4, 0.5) is 0 Å². The molecule has 4 nitrogen and oxygen atoms in total. The van der Waals surface area contributed by atoms with Crippen LogP contribution in [0.2, 0.25) is 0 Å². The van der Waals surface area contributed by atoms with Crippen LogP contribution in [0.1, 0.15) is 62.7 Å². The van der Waals surface area contributed by atoms with Crippen LogP contribution in [0.25, 0.3) is 0 Å². The van der Waals surface area contributed by atoms with E-state index in [1.807, 2.05) is 6.92 Å². The van der Waals surface area contributed by atoms with Gasteiger partial charge >= 0.3 is 0 Å². The van der Waals surface area contributed by atoms with Crippen molar-refractivity contribution in [3.8, 4) is 0 Å². The van der Waals surface area contributed by atoms with Gasteiger partial charge in [0.25, 0.3) is 0 Å². The number of nitrogens with zero attached hydrogens (tertiary/aromatic N) is 2. The molecule has 1 aliphatic rings. The van der Waals surface area contributed by atoms with E-state index in [1.165, 1.54) is 25.7 Å². The molecule has 0 aromatic carbocycles. The minimum atomic E-state index is -0.0994. The number of nitrogens with two attached hydrogens (primary N) is 1. The highest BCUT2D eigenvalue weighted by Gasteiger charge is 2.23. The van der Waals surface area contributed by atoms with E-state index < -0.39 is 0 Å². The Morgan fingerprint density at radius 2 is 2.21 bits per heavy atom. The molecule has 1 atom stereocenters. The van der Waals surface area contributed by atoms with Crippen LogP contribution in [0.3, 0.4) is 0 Å². The van der Waals surface area contributed by atoms with Crippen LogP contribution < -0.4 is 5.73 Å². The Balaban J connectivity index is 2.08. The lowest BCUT2D eigenvalue weighted by Crippen LogP contribution is -2.09. The second-order valence-corrected chi connectivity index (χ2v) is 3.99. The molecule has 0 saturated heterocycles. The van der Waals surface area contributed by atoms with Gasteiger partial charge in [-0.05, 0) is 19.3 Å². The normalized spacial score (nSPS) is 20.1. The molecule has 2 rings (SSSR count). The fourth-order valence-electron chi connectivity index (χ4n) is 1.92. The molecular weight excluding hydrogens is 178 g/mol. The number of aromatic nitrogens is 2. The molecule has 4 heteroatoms. The van der Waals surface area contributed by atoms with E-state index in [0.717, 1.165) is 12.2 Å². The third kappa shape index (κ3) is 1.80. The van der Waals surface area contributed by atoms with Gasteiger partial charge in [-0.2, -0.15) is 4.98 Å². The largest absolute Gasteiger partial charge is 0.338 e. The van der Waals surface area contributed by atoms with Crippen LogP contribution in [0.15, 0.2) is 4.52 Å². The Bertz CT molecular complexity index is 291. The van der Waals surface area contributed by atoms with Gasteiger partial charge < -0.3 is 10.3 Å². The fraction of sp³-hybridized carbons (Fsp3) is 0.800. The van der Waals surface area contributed by atoms with Gasteiger partial charge in [0.15, 0.2) is 5.82 Å². The Labute approximate surface area is 83.9 Å². The van der Waals surface area contributed by atoms with E-state index in [-0.39, 0.29) is 6.04 Å². The average molecular weight is 195 g/mol. The molecule has 1 fully saturated rings. The maximum absolute atomic E-state index is 5.81. The molecule has 0 spiro atoms. The Morgan fingerprint density at radius 3 is 2.86 bits per heavy atom. The predicted octanol–water partition coefficient (Wildman–Crippen LogP) is 2.14. The highest BCUT2D eigenvalue weighted by atomic mass is 16.5. The quantitative estimate of drug-likeness (QED) is 0.802. The summed E-state index contributed by atoms with van der Waals surface area (Å²) in [6.07, 6.45) is 5.80. The average Bonchev–Trinajstić information content (AvgIpc) is 2.86. The molecule has 0 bridgehead atoms. The van der Waals surface area contributed by atoms with E-state index in [0.29, 0.717) is 11.8 Å². The van der Waals surface area contributed by atoms with Gasteiger partial charge in [-0.1, -0.05) is 24.9 Å². The van der Waals surface area contributed by atoms with Gasteiger partial charge in [0.1, 0.15) is 0 Å². The molecule has 14 heavy (non-hydrogen) atoms. The van der Waals surface area contributed by atoms with Crippen LogP contribution in [0.5, 0.6) is 0 Å². The van der Waals surface area contributed by atoms with Gasteiger partial charge in [0, 0.05) is 5.92 Å². The third-order valence-electron chi connectivity index (χ3n) is 2.93. The first-order valence-corrected chi connectivity index (χ1v) is 5.40. The summed E-state index contributed by atoms with van der Waals surface area (Å²) in [6, 6.07) is -0.0994.